The maximum atomic E-state index is 7.88. The molecule has 0 bridgehead atoms. The van der Waals surface area contributed by atoms with Crippen LogP contribution in [0, 0.1) is 0 Å². The van der Waals surface area contributed by atoms with Crippen molar-refractivity contribution in [3.05, 3.63) is 0 Å². The Labute approximate surface area is 44.0 Å². The van der Waals surface area contributed by atoms with Crippen molar-refractivity contribution in [1.29, 1.82) is 0 Å². The summed E-state index contributed by atoms with van der Waals surface area (Å²) in [4.78, 5) is 0. The Hall–Kier alpha value is 0.851. The van der Waals surface area contributed by atoms with Gasteiger partial charge >= 0.3 is 19.3 Å². The molecule has 0 saturated carbocycles. The van der Waals surface area contributed by atoms with Gasteiger partial charge in [0.05, 0.1) is 0 Å². The molecule has 0 spiro atoms. The quantitative estimate of drug-likeness (QED) is 0.372. The fourth-order valence-corrected chi connectivity index (χ4v) is 0. The Morgan fingerprint density at radius 3 is 1.25 bits per heavy atom. The third-order valence-electron chi connectivity index (χ3n) is 0. The second-order valence-corrected chi connectivity index (χ2v) is 0. The minimum atomic E-state index is 0. The van der Waals surface area contributed by atoms with Gasteiger partial charge in [0.2, 0.25) is 0 Å². The molecule has 4 heteroatoms. The average molecular weight is 97.6 g/mol. The van der Waals surface area contributed by atoms with E-state index in [0.29, 0.717) is 0 Å². The first kappa shape index (κ1) is 21.0. The summed E-state index contributed by atoms with van der Waals surface area (Å²) in [6, 6.07) is 0. The Morgan fingerprint density at radius 1 is 1.25 bits per heavy atom. The van der Waals surface area contributed by atoms with Crippen molar-refractivity contribution in [3.63, 3.8) is 0 Å². The van der Waals surface area contributed by atoms with Crippen LogP contribution in [0.3, 0.4) is 0 Å². The van der Waals surface area contributed by atoms with Crippen molar-refractivity contribution in [1.82, 2.24) is 0 Å². The van der Waals surface area contributed by atoms with E-state index in [9.17, 15) is 0 Å². The molecule has 0 aromatic carbocycles. The normalized spacial score (nSPS) is 1.50. The summed E-state index contributed by atoms with van der Waals surface area (Å²) in [6.45, 7) is 0. The Kier molecular flexibility index (Phi) is 227. The summed E-state index contributed by atoms with van der Waals surface area (Å²) in [7, 11) is 0. The average Bonchev–Trinajstić information content (AvgIpc) is 1.00. The minimum absolute atomic E-state index is 0. The maximum absolute atomic E-state index is 7.88. The molecule has 0 aliphatic carbocycles. The molecule has 0 saturated heterocycles. The summed E-state index contributed by atoms with van der Waals surface area (Å²) < 4.78 is 7.88. The first-order chi connectivity index (χ1) is 1.00. The van der Waals surface area contributed by atoms with Crippen LogP contribution >= 0.6 is 0 Å². The summed E-state index contributed by atoms with van der Waals surface area (Å²) in [6.07, 6.45) is 0. The first-order valence-corrected chi connectivity index (χ1v) is 0.532. The number of hydrogen-bond donors (Lipinski definition) is 0. The molecule has 0 fully saturated rings. The van der Waals surface area contributed by atoms with Crippen molar-refractivity contribution in [2.24, 2.45) is 0 Å². The zero-order chi connectivity index (χ0) is 2.00. The van der Waals surface area contributed by atoms with Gasteiger partial charge in [0.25, 0.3) is 0 Å². The van der Waals surface area contributed by atoms with Crippen molar-refractivity contribution < 1.29 is 24.8 Å². The van der Waals surface area contributed by atoms with Crippen LogP contribution < -0.4 is 0 Å². The molecule has 0 aromatic rings. The second kappa shape index (κ2) is 43.2. The van der Waals surface area contributed by atoms with Crippen molar-refractivity contribution in [3.8, 4) is 0 Å². The third kappa shape index (κ3) is 13.5. The molecule has 0 atom stereocenters. The van der Waals surface area contributed by atoms with Crippen LogP contribution in [0.25, 0.3) is 0 Å². The van der Waals surface area contributed by atoms with Gasteiger partial charge in [-0.2, -0.15) is 0 Å². The topological polar surface area (TPSA) is 45.6 Å². The fourth-order valence-electron chi connectivity index (χ4n) is 0. The van der Waals surface area contributed by atoms with Gasteiger partial charge in [-0.15, -0.1) is 0 Å². The van der Waals surface area contributed by atoms with Gasteiger partial charge in [0.15, 0.2) is 0 Å². The second-order valence-electron chi connectivity index (χ2n) is 0. The predicted octanol–water partition coefficient (Wildman–Crippen LogP) is -0.621. The van der Waals surface area contributed by atoms with E-state index in [-0.39, 0.29) is 24.3 Å². The molecular formula is LiNiO2. The first-order valence-electron chi connectivity index (χ1n) is 0.129. The molecule has 4 heavy (non-hydrogen) atoms. The molecule has 2 nitrogen and oxygen atoms in total. The van der Waals surface area contributed by atoms with Gasteiger partial charge in [-0.05, 0) is 0 Å². The molecule has 0 aliphatic heterocycles. The van der Waals surface area contributed by atoms with Gasteiger partial charge in [-0.3, -0.25) is 0 Å². The summed E-state index contributed by atoms with van der Waals surface area (Å²) in [5, 5.41) is 0. The van der Waals surface area contributed by atoms with Gasteiger partial charge in [0, 0.05) is 24.3 Å². The van der Waals surface area contributed by atoms with E-state index >= 15 is 0 Å². The summed E-state index contributed by atoms with van der Waals surface area (Å²) in [5.41, 5.74) is 0. The van der Waals surface area contributed by atoms with E-state index in [4.69, 9.17) is 3.90 Å². The van der Waals surface area contributed by atoms with E-state index in [1.54, 1.807) is 0 Å². The van der Waals surface area contributed by atoms with Gasteiger partial charge in [-0.25, -0.2) is 0 Å². The van der Waals surface area contributed by atoms with Crippen molar-refractivity contribution in [2.75, 3.05) is 0 Å². The molecule has 0 unspecified atom stereocenters. The van der Waals surface area contributed by atoms with Crippen LogP contribution in [-0.4, -0.2) is 18.9 Å². The van der Waals surface area contributed by atoms with Crippen LogP contribution in [0.2, 0.25) is 0 Å². The van der Waals surface area contributed by atoms with Crippen LogP contribution in [0.5, 0.6) is 0 Å². The van der Waals surface area contributed by atoms with Crippen LogP contribution in [0.4, 0.5) is 0 Å². The molecule has 0 rings (SSSR count). The van der Waals surface area contributed by atoms with Crippen LogP contribution in [-0.2, 0) is 24.8 Å². The van der Waals surface area contributed by atoms with Gasteiger partial charge in [0.1, 0.15) is 0 Å². The molecule has 0 aliphatic rings. The third-order valence-corrected chi connectivity index (χ3v) is 0. The molecule has 0 amide bonds. The Morgan fingerprint density at radius 2 is 1.25 bits per heavy atom. The number of rotatable bonds is 0. The summed E-state index contributed by atoms with van der Waals surface area (Å²) >= 11 is 2.62. The van der Waals surface area contributed by atoms with E-state index in [1.165, 1.54) is 0 Å². The SMILES string of the molecule is [Li].[O].[O]=[Ni]. The molecule has 0 N–H and O–H groups in total. The monoisotopic (exact) mass is 96.9 g/mol. The van der Waals surface area contributed by atoms with Gasteiger partial charge < -0.3 is 0 Å². The zero-order valence-corrected chi connectivity index (χ0v) is 3.12. The molecule has 3 radical (unpaired) electrons. The molecule has 0 aromatic heterocycles. The van der Waals surface area contributed by atoms with Crippen molar-refractivity contribution in [2.45, 2.75) is 0 Å². The van der Waals surface area contributed by atoms with Gasteiger partial charge in [-0.1, -0.05) is 0 Å². The molecule has 0 heterocycles. The molecular weight excluding hydrogens is 97.6 g/mol. The fraction of sp³-hybridized carbons (Fsp3) is 0. The Bertz CT molecular complexity index is 6.00. The standard InChI is InChI=1S/Li.Ni.2O. The van der Waals surface area contributed by atoms with Crippen LogP contribution in [0.1, 0.15) is 0 Å². The van der Waals surface area contributed by atoms with Crippen molar-refractivity contribution >= 4 is 18.9 Å². The zero-order valence-electron chi connectivity index (χ0n) is 2.13. The van der Waals surface area contributed by atoms with E-state index in [2.05, 4.69) is 15.4 Å². The van der Waals surface area contributed by atoms with E-state index in [0.717, 1.165) is 0 Å². The van der Waals surface area contributed by atoms with E-state index < -0.39 is 0 Å². The van der Waals surface area contributed by atoms with Crippen LogP contribution in [0.15, 0.2) is 0 Å². The number of hydrogen-bond acceptors (Lipinski definition) is 1. The van der Waals surface area contributed by atoms with E-state index in [1.807, 2.05) is 0 Å². The summed E-state index contributed by atoms with van der Waals surface area (Å²) in [5.74, 6) is 0. The predicted molar refractivity (Wildman–Crippen MR) is 7.13 cm³/mol. The Balaban J connectivity index is -0.00000000500. The molecule has 23 valence electrons.